The molecule has 12 aromatic carbocycles. The normalized spacial score (nSPS) is 11.8. The summed E-state index contributed by atoms with van der Waals surface area (Å²) in [6.07, 6.45) is 0. The standard InChI is InChI=1S/C68H42N2O3/c1-3-17-43(18-4-1)51-21-7-11-27-59(51)69(61-29-15-25-55-53-23-9-13-31-63(53)72-67(55)61)49-35-33-45-41-65-57(39-47(45)37-49)58-40-48-38-50(36-34-46(48)42-66(58)71-65)70(60-28-12-8-22-52(60)44-19-5-2-6-20-44)62-30-16-26-56-54-24-10-14-32-64(54)73-68(56)62/h1-42H. The monoisotopic (exact) mass is 934 g/mol. The molecule has 0 saturated heterocycles. The molecule has 0 N–H and O–H groups in total. The number of rotatable bonds is 8. The van der Waals surface area contributed by atoms with Crippen LogP contribution in [0.4, 0.5) is 34.1 Å². The van der Waals surface area contributed by atoms with Crippen LogP contribution in [0.15, 0.2) is 268 Å². The number of furan rings is 3. The van der Waals surface area contributed by atoms with Gasteiger partial charge in [-0.1, -0.05) is 170 Å². The molecule has 0 amide bonds. The van der Waals surface area contributed by atoms with Gasteiger partial charge in [0.05, 0.1) is 22.7 Å². The third-order valence-corrected chi connectivity index (χ3v) is 14.6. The van der Waals surface area contributed by atoms with Gasteiger partial charge >= 0.3 is 0 Å². The Balaban J connectivity index is 0.913. The van der Waals surface area contributed by atoms with Gasteiger partial charge in [0.25, 0.3) is 0 Å². The van der Waals surface area contributed by atoms with Crippen LogP contribution in [0.3, 0.4) is 0 Å². The smallest absolute Gasteiger partial charge is 0.159 e. The van der Waals surface area contributed by atoms with Crippen LogP contribution in [0.25, 0.3) is 110 Å². The van der Waals surface area contributed by atoms with Gasteiger partial charge in [0.15, 0.2) is 11.2 Å². The summed E-state index contributed by atoms with van der Waals surface area (Å²) in [6, 6.07) is 90.4. The maximum atomic E-state index is 6.74. The molecule has 0 bridgehead atoms. The van der Waals surface area contributed by atoms with Crippen LogP contribution in [0.2, 0.25) is 0 Å². The van der Waals surface area contributed by atoms with Crippen molar-refractivity contribution in [2.45, 2.75) is 0 Å². The molecule has 0 saturated carbocycles. The molecule has 0 fully saturated rings. The molecule has 0 spiro atoms. The van der Waals surface area contributed by atoms with Crippen molar-refractivity contribution in [3.8, 4) is 22.3 Å². The average molecular weight is 935 g/mol. The van der Waals surface area contributed by atoms with E-state index in [0.717, 1.165) is 144 Å². The van der Waals surface area contributed by atoms with Crippen molar-refractivity contribution in [2.24, 2.45) is 0 Å². The fourth-order valence-electron chi connectivity index (χ4n) is 11.2. The van der Waals surface area contributed by atoms with Gasteiger partial charge in [0, 0.05) is 54.8 Å². The first kappa shape index (κ1) is 41.0. The molecular formula is C68H42N2O3. The highest BCUT2D eigenvalue weighted by Crippen LogP contribution is 2.49. The molecule has 0 atom stereocenters. The van der Waals surface area contributed by atoms with Crippen molar-refractivity contribution >= 4 is 121 Å². The second-order valence-corrected chi connectivity index (χ2v) is 18.8. The van der Waals surface area contributed by atoms with E-state index in [2.05, 4.69) is 240 Å². The highest BCUT2D eigenvalue weighted by atomic mass is 16.3. The minimum absolute atomic E-state index is 0.838. The topological polar surface area (TPSA) is 45.9 Å². The lowest BCUT2D eigenvalue weighted by atomic mass is 9.99. The largest absolute Gasteiger partial charge is 0.456 e. The Morgan fingerprint density at radius 3 is 1.11 bits per heavy atom. The quantitative estimate of drug-likeness (QED) is 0.152. The SMILES string of the molecule is c1ccc(-c2ccccc2N(c2ccc3cc4oc5cc6ccc(N(c7ccccc7-c7ccccc7)c7cccc8c7oc7ccccc78)cc6cc5c4cc3c2)c2cccc3c2oc2ccccc23)cc1. The van der Waals surface area contributed by atoms with Crippen molar-refractivity contribution in [1.29, 1.82) is 0 Å². The van der Waals surface area contributed by atoms with Crippen LogP contribution >= 0.6 is 0 Å². The molecule has 0 aliphatic carbocycles. The van der Waals surface area contributed by atoms with Crippen LogP contribution in [0.5, 0.6) is 0 Å². The zero-order chi connectivity index (χ0) is 48.0. The third kappa shape index (κ3) is 6.63. The van der Waals surface area contributed by atoms with Crippen molar-refractivity contribution < 1.29 is 13.3 Å². The maximum Gasteiger partial charge on any atom is 0.159 e. The number of fused-ring (bicyclic) bond motifs is 11. The van der Waals surface area contributed by atoms with E-state index in [4.69, 9.17) is 13.3 Å². The van der Waals surface area contributed by atoms with Gasteiger partial charge in [-0.05, 0) is 118 Å². The van der Waals surface area contributed by atoms with Gasteiger partial charge < -0.3 is 23.1 Å². The molecule has 3 heterocycles. The third-order valence-electron chi connectivity index (χ3n) is 14.6. The average Bonchev–Trinajstić information content (AvgIpc) is 4.14. The molecule has 15 aromatic rings. The van der Waals surface area contributed by atoms with E-state index in [9.17, 15) is 0 Å². The summed E-state index contributed by atoms with van der Waals surface area (Å²) in [5, 5.41) is 10.8. The van der Waals surface area contributed by atoms with E-state index in [1.165, 1.54) is 0 Å². The summed E-state index contributed by atoms with van der Waals surface area (Å²) in [5.74, 6) is 0. The Morgan fingerprint density at radius 1 is 0.233 bits per heavy atom. The van der Waals surface area contributed by atoms with E-state index < -0.39 is 0 Å². The molecule has 0 aliphatic heterocycles. The molecule has 0 radical (unpaired) electrons. The van der Waals surface area contributed by atoms with E-state index in [-0.39, 0.29) is 0 Å². The Morgan fingerprint density at radius 2 is 0.630 bits per heavy atom. The predicted molar refractivity (Wildman–Crippen MR) is 304 cm³/mol. The summed E-state index contributed by atoms with van der Waals surface area (Å²) in [4.78, 5) is 4.71. The Hall–Kier alpha value is -9.84. The second kappa shape index (κ2) is 16.4. The molecule has 342 valence electrons. The molecule has 15 rings (SSSR count). The lowest BCUT2D eigenvalue weighted by molar-refractivity contribution is 0.668. The lowest BCUT2D eigenvalue weighted by Crippen LogP contribution is -2.11. The number of benzene rings is 12. The van der Waals surface area contributed by atoms with Gasteiger partial charge in [-0.3, -0.25) is 0 Å². The first-order valence-electron chi connectivity index (χ1n) is 24.7. The first-order chi connectivity index (χ1) is 36.2. The summed E-state index contributed by atoms with van der Waals surface area (Å²) in [5.41, 5.74) is 15.7. The van der Waals surface area contributed by atoms with Crippen LogP contribution < -0.4 is 9.80 Å². The molecular weight excluding hydrogens is 893 g/mol. The van der Waals surface area contributed by atoms with E-state index in [1.807, 2.05) is 24.3 Å². The summed E-state index contributed by atoms with van der Waals surface area (Å²) >= 11 is 0. The second-order valence-electron chi connectivity index (χ2n) is 18.8. The molecule has 0 unspecified atom stereocenters. The highest BCUT2D eigenvalue weighted by Gasteiger charge is 2.25. The van der Waals surface area contributed by atoms with E-state index in [1.54, 1.807) is 0 Å². The number of hydrogen-bond donors (Lipinski definition) is 0. The van der Waals surface area contributed by atoms with Crippen molar-refractivity contribution in [2.75, 3.05) is 9.80 Å². The fraction of sp³-hybridized carbons (Fsp3) is 0. The van der Waals surface area contributed by atoms with Crippen molar-refractivity contribution in [3.63, 3.8) is 0 Å². The number of anilines is 6. The van der Waals surface area contributed by atoms with Gasteiger partial charge in [0.2, 0.25) is 0 Å². The van der Waals surface area contributed by atoms with E-state index in [0.29, 0.717) is 0 Å². The molecule has 5 heteroatoms. The van der Waals surface area contributed by atoms with Crippen molar-refractivity contribution in [1.82, 2.24) is 0 Å². The predicted octanol–water partition coefficient (Wildman–Crippen LogP) is 20.0. The van der Waals surface area contributed by atoms with Gasteiger partial charge in [-0.15, -0.1) is 0 Å². The summed E-state index contributed by atoms with van der Waals surface area (Å²) in [7, 11) is 0. The number of hydrogen-bond acceptors (Lipinski definition) is 5. The highest BCUT2D eigenvalue weighted by molar-refractivity contribution is 6.16. The van der Waals surface area contributed by atoms with Gasteiger partial charge in [-0.25, -0.2) is 0 Å². The lowest BCUT2D eigenvalue weighted by Gasteiger charge is -2.28. The zero-order valence-corrected chi connectivity index (χ0v) is 39.4. The minimum Gasteiger partial charge on any atom is -0.456 e. The molecule has 73 heavy (non-hydrogen) atoms. The van der Waals surface area contributed by atoms with Crippen LogP contribution in [0, 0.1) is 0 Å². The van der Waals surface area contributed by atoms with Gasteiger partial charge in [0.1, 0.15) is 22.3 Å². The summed E-state index contributed by atoms with van der Waals surface area (Å²) in [6.45, 7) is 0. The van der Waals surface area contributed by atoms with E-state index >= 15 is 0 Å². The molecule has 0 aliphatic rings. The Kier molecular flexibility index (Phi) is 9.19. The first-order valence-corrected chi connectivity index (χ1v) is 24.7. The Labute approximate surface area is 419 Å². The van der Waals surface area contributed by atoms with Crippen LogP contribution in [0.1, 0.15) is 0 Å². The number of para-hydroxylation sites is 6. The Bertz CT molecular complexity index is 4350. The minimum atomic E-state index is 0.838. The molecule has 5 nitrogen and oxygen atoms in total. The molecule has 3 aromatic heterocycles. The van der Waals surface area contributed by atoms with Crippen LogP contribution in [-0.4, -0.2) is 0 Å². The van der Waals surface area contributed by atoms with Crippen LogP contribution in [-0.2, 0) is 0 Å². The van der Waals surface area contributed by atoms with Crippen molar-refractivity contribution in [3.05, 3.63) is 255 Å². The summed E-state index contributed by atoms with van der Waals surface area (Å²) < 4.78 is 20.2. The zero-order valence-electron chi connectivity index (χ0n) is 39.4. The fourth-order valence-corrected chi connectivity index (χ4v) is 11.2. The van der Waals surface area contributed by atoms with Gasteiger partial charge in [-0.2, -0.15) is 0 Å². The number of nitrogens with zero attached hydrogens (tertiary/aromatic N) is 2. The maximum absolute atomic E-state index is 6.74.